The number of rotatable bonds is 8. The second-order valence-corrected chi connectivity index (χ2v) is 7.05. The topological polar surface area (TPSA) is 18.5 Å². The van der Waals surface area contributed by atoms with E-state index in [-0.39, 0.29) is 4.83 Å². The first-order valence-electron chi connectivity index (χ1n) is 7.95. The van der Waals surface area contributed by atoms with Crippen LogP contribution in [-0.2, 0) is 0 Å². The highest BCUT2D eigenvalue weighted by atomic mass is 79.9. The average Bonchev–Trinajstić information content (AvgIpc) is 2.49. The monoisotopic (exact) mass is 374 g/mol. The maximum atomic E-state index is 6.37. The van der Waals surface area contributed by atoms with Crippen LogP contribution in [0.4, 0.5) is 0 Å². The Morgan fingerprint density at radius 1 is 1.05 bits per heavy atom. The van der Waals surface area contributed by atoms with E-state index in [2.05, 4.69) is 22.9 Å². The Kier molecular flexibility index (Phi) is 7.18. The molecule has 1 aromatic rings. The smallest absolute Gasteiger partial charge is 0.162 e. The van der Waals surface area contributed by atoms with Crippen LogP contribution < -0.4 is 9.47 Å². The molecule has 0 saturated carbocycles. The fourth-order valence-corrected chi connectivity index (χ4v) is 3.70. The summed E-state index contributed by atoms with van der Waals surface area (Å²) in [5, 5.41) is 0.757. The Labute approximate surface area is 141 Å². The Morgan fingerprint density at radius 2 is 1.67 bits per heavy atom. The van der Waals surface area contributed by atoms with Gasteiger partial charge in [-0.2, -0.15) is 0 Å². The molecule has 1 heterocycles. The first-order valence-corrected chi connectivity index (χ1v) is 9.25. The van der Waals surface area contributed by atoms with Crippen LogP contribution in [0, 0.1) is 0 Å². The predicted octanol–water partition coefficient (Wildman–Crippen LogP) is 6.30. The lowest BCUT2D eigenvalue weighted by Crippen LogP contribution is -2.15. The Bertz CT molecular complexity index is 451. The van der Waals surface area contributed by atoms with E-state index in [4.69, 9.17) is 21.1 Å². The molecule has 2 nitrogen and oxygen atoms in total. The molecule has 0 bridgehead atoms. The number of hydrogen-bond donors (Lipinski definition) is 0. The summed E-state index contributed by atoms with van der Waals surface area (Å²) in [6.07, 6.45) is 8.97. The van der Waals surface area contributed by atoms with Crippen LogP contribution >= 0.6 is 27.5 Å². The van der Waals surface area contributed by atoms with Crippen LogP contribution in [-0.4, -0.2) is 13.2 Å². The lowest BCUT2D eigenvalue weighted by atomic mass is 10.0. The van der Waals surface area contributed by atoms with Gasteiger partial charge in [-0.25, -0.2) is 0 Å². The van der Waals surface area contributed by atoms with Crippen molar-refractivity contribution >= 4 is 27.5 Å². The zero-order valence-corrected chi connectivity index (χ0v) is 15.0. The van der Waals surface area contributed by atoms with Crippen molar-refractivity contribution < 1.29 is 9.47 Å². The van der Waals surface area contributed by atoms with E-state index in [1.165, 1.54) is 38.5 Å². The van der Waals surface area contributed by atoms with Crippen LogP contribution in [0.25, 0.3) is 0 Å². The minimum absolute atomic E-state index is 0.284. The lowest BCUT2D eigenvalue weighted by Gasteiger charge is -2.21. The van der Waals surface area contributed by atoms with Gasteiger partial charge in [0.05, 0.1) is 0 Å². The average molecular weight is 376 g/mol. The number of hydrogen-bond acceptors (Lipinski definition) is 2. The first-order chi connectivity index (χ1) is 10.2. The molecule has 4 heteroatoms. The van der Waals surface area contributed by atoms with Crippen molar-refractivity contribution in [3.8, 4) is 11.5 Å². The van der Waals surface area contributed by atoms with Crippen molar-refractivity contribution in [1.82, 2.24) is 0 Å². The number of ether oxygens (including phenoxy) is 2. The van der Waals surface area contributed by atoms with E-state index in [0.29, 0.717) is 13.2 Å². The van der Waals surface area contributed by atoms with Gasteiger partial charge in [-0.15, -0.1) is 0 Å². The molecular weight excluding hydrogens is 352 g/mol. The molecule has 0 saturated heterocycles. The molecule has 1 aromatic carbocycles. The van der Waals surface area contributed by atoms with E-state index in [1.807, 2.05) is 12.1 Å². The second kappa shape index (κ2) is 8.89. The Hall–Kier alpha value is -0.410. The molecule has 0 spiro atoms. The van der Waals surface area contributed by atoms with Crippen molar-refractivity contribution in [2.45, 2.75) is 56.7 Å². The zero-order chi connectivity index (χ0) is 15.1. The summed E-state index contributed by atoms with van der Waals surface area (Å²) in [5.41, 5.74) is 1.11. The maximum Gasteiger partial charge on any atom is 0.162 e. The van der Waals surface area contributed by atoms with Crippen LogP contribution in [0.2, 0.25) is 5.02 Å². The quantitative estimate of drug-likeness (QED) is 0.392. The van der Waals surface area contributed by atoms with E-state index in [9.17, 15) is 0 Å². The van der Waals surface area contributed by atoms with Crippen molar-refractivity contribution in [3.05, 3.63) is 22.7 Å². The molecule has 118 valence electrons. The van der Waals surface area contributed by atoms with Gasteiger partial charge in [-0.3, -0.25) is 0 Å². The van der Waals surface area contributed by atoms with Crippen LogP contribution in [0.3, 0.4) is 0 Å². The molecule has 2 rings (SSSR count). The highest BCUT2D eigenvalue weighted by Gasteiger charge is 2.18. The molecule has 0 amide bonds. The predicted molar refractivity (Wildman–Crippen MR) is 92.1 cm³/mol. The number of alkyl halides is 1. The second-order valence-electron chi connectivity index (χ2n) is 5.54. The van der Waals surface area contributed by atoms with Gasteiger partial charge in [-0.1, -0.05) is 73.0 Å². The van der Waals surface area contributed by atoms with Gasteiger partial charge in [0.15, 0.2) is 11.5 Å². The number of benzene rings is 1. The molecule has 0 radical (unpaired) electrons. The van der Waals surface area contributed by atoms with Gasteiger partial charge in [0.25, 0.3) is 0 Å². The Balaban J connectivity index is 1.85. The summed E-state index contributed by atoms with van der Waals surface area (Å²) in [7, 11) is 0. The molecule has 0 N–H and O–H groups in total. The molecule has 1 unspecified atom stereocenters. The highest BCUT2D eigenvalue weighted by Crippen LogP contribution is 2.41. The molecule has 1 atom stereocenters. The Morgan fingerprint density at radius 3 is 2.38 bits per heavy atom. The van der Waals surface area contributed by atoms with Gasteiger partial charge in [0, 0.05) is 15.9 Å². The number of fused-ring (bicyclic) bond motifs is 1. The SMILES string of the molecule is CCCCCCCCC(Br)c1cc2c(cc1Cl)OCCO2. The molecule has 1 aliphatic heterocycles. The molecule has 0 aromatic heterocycles. The summed E-state index contributed by atoms with van der Waals surface area (Å²) in [5.74, 6) is 1.57. The summed E-state index contributed by atoms with van der Waals surface area (Å²) >= 11 is 10.1. The number of halogens is 2. The zero-order valence-electron chi connectivity index (χ0n) is 12.7. The van der Waals surface area contributed by atoms with Gasteiger partial charge in [0.2, 0.25) is 0 Å². The largest absolute Gasteiger partial charge is 0.486 e. The fraction of sp³-hybridized carbons (Fsp3) is 0.647. The van der Waals surface area contributed by atoms with Crippen molar-refractivity contribution in [2.75, 3.05) is 13.2 Å². The van der Waals surface area contributed by atoms with Gasteiger partial charge >= 0.3 is 0 Å². The maximum absolute atomic E-state index is 6.37. The third kappa shape index (κ3) is 5.07. The minimum atomic E-state index is 0.284. The standard InChI is InChI=1S/C17H24BrClO2/c1-2-3-4-5-6-7-8-14(18)13-11-16-17(12-15(13)19)21-10-9-20-16/h11-12,14H,2-10H2,1H3. The van der Waals surface area contributed by atoms with Crippen molar-refractivity contribution in [3.63, 3.8) is 0 Å². The summed E-state index contributed by atoms with van der Waals surface area (Å²) in [6, 6.07) is 3.90. The van der Waals surface area contributed by atoms with Crippen LogP contribution in [0.5, 0.6) is 11.5 Å². The van der Waals surface area contributed by atoms with Gasteiger partial charge in [0.1, 0.15) is 13.2 Å². The summed E-state index contributed by atoms with van der Waals surface area (Å²) < 4.78 is 11.2. The van der Waals surface area contributed by atoms with Crippen LogP contribution in [0.1, 0.15) is 62.3 Å². The fourth-order valence-electron chi connectivity index (χ4n) is 2.58. The molecule has 1 aliphatic rings. The van der Waals surface area contributed by atoms with E-state index < -0.39 is 0 Å². The van der Waals surface area contributed by atoms with Crippen molar-refractivity contribution in [1.29, 1.82) is 0 Å². The van der Waals surface area contributed by atoms with E-state index in [0.717, 1.165) is 28.5 Å². The highest BCUT2D eigenvalue weighted by molar-refractivity contribution is 9.09. The van der Waals surface area contributed by atoms with E-state index >= 15 is 0 Å². The van der Waals surface area contributed by atoms with Crippen molar-refractivity contribution in [2.24, 2.45) is 0 Å². The first kappa shape index (κ1) is 17.0. The lowest BCUT2D eigenvalue weighted by molar-refractivity contribution is 0.171. The minimum Gasteiger partial charge on any atom is -0.486 e. The molecule has 0 fully saturated rings. The third-order valence-corrected chi connectivity index (χ3v) is 5.09. The molecular formula is C17H24BrClO2. The summed E-state index contributed by atoms with van der Waals surface area (Å²) in [4.78, 5) is 0.284. The normalized spacial score (nSPS) is 15.0. The third-order valence-electron chi connectivity index (χ3n) is 3.81. The molecule has 21 heavy (non-hydrogen) atoms. The summed E-state index contributed by atoms with van der Waals surface area (Å²) in [6.45, 7) is 3.45. The number of unbranched alkanes of at least 4 members (excludes halogenated alkanes) is 5. The van der Waals surface area contributed by atoms with E-state index in [1.54, 1.807) is 0 Å². The van der Waals surface area contributed by atoms with Crippen LogP contribution in [0.15, 0.2) is 12.1 Å². The molecule has 0 aliphatic carbocycles. The van der Waals surface area contributed by atoms with Gasteiger partial charge < -0.3 is 9.47 Å². The van der Waals surface area contributed by atoms with Gasteiger partial charge in [-0.05, 0) is 18.1 Å².